The highest BCUT2D eigenvalue weighted by atomic mass is 32.2. The Hall–Kier alpha value is -2.44. The van der Waals surface area contributed by atoms with E-state index in [4.69, 9.17) is 9.98 Å². The zero-order valence-electron chi connectivity index (χ0n) is 20.3. The predicted molar refractivity (Wildman–Crippen MR) is 141 cm³/mol. The Bertz CT molecular complexity index is 1070. The second-order valence-electron chi connectivity index (χ2n) is 10.1. The first kappa shape index (κ1) is 23.7. The first-order valence-corrected chi connectivity index (χ1v) is 12.6. The number of para-hydroxylation sites is 1. The van der Waals surface area contributed by atoms with E-state index < -0.39 is 0 Å². The summed E-state index contributed by atoms with van der Waals surface area (Å²) in [5.74, 6) is 0.283. The van der Waals surface area contributed by atoms with E-state index in [1.165, 1.54) is 17.3 Å². The number of amides is 1. The van der Waals surface area contributed by atoms with E-state index in [2.05, 4.69) is 62.3 Å². The Morgan fingerprint density at radius 1 is 1.06 bits per heavy atom. The van der Waals surface area contributed by atoms with E-state index in [9.17, 15) is 4.79 Å². The summed E-state index contributed by atoms with van der Waals surface area (Å²) in [4.78, 5) is 25.3. The molecule has 0 atom stereocenters. The Labute approximate surface area is 201 Å². The number of aliphatic imine (C=N–C) groups is 2. The zero-order chi connectivity index (χ0) is 23.6. The number of carbonyl (C=O) groups is 1. The van der Waals surface area contributed by atoms with Gasteiger partial charge < -0.3 is 10.2 Å². The van der Waals surface area contributed by atoms with E-state index in [0.29, 0.717) is 5.75 Å². The molecular weight excluding hydrogens is 428 g/mol. The molecular formula is C27H34N4OS. The van der Waals surface area contributed by atoms with Gasteiger partial charge in [0.2, 0.25) is 5.91 Å². The highest BCUT2D eigenvalue weighted by Crippen LogP contribution is 2.35. The molecule has 0 unspecified atom stereocenters. The molecule has 1 spiro atoms. The largest absolute Gasteiger partial charge is 0.325 e. The van der Waals surface area contributed by atoms with Gasteiger partial charge in [-0.3, -0.25) is 9.79 Å². The number of nitrogens with zero attached hydrogens (tertiary/aromatic N) is 3. The molecule has 1 saturated heterocycles. The maximum atomic E-state index is 12.7. The number of hydrogen-bond acceptors (Lipinski definition) is 5. The number of hydrogen-bond donors (Lipinski definition) is 1. The van der Waals surface area contributed by atoms with Crippen LogP contribution in [0.5, 0.6) is 0 Å². The molecule has 4 rings (SSSR count). The highest BCUT2D eigenvalue weighted by Gasteiger charge is 2.39. The fourth-order valence-electron chi connectivity index (χ4n) is 4.17. The standard InChI is InChI=1S/C27H34N4OS/c1-19-8-6-7-9-22(19)28-23(32)18-33-25-24(20-10-12-21(13-11-20)26(2,3)4)29-27(30-25)14-16-31(5)17-15-27/h6-13H,14-18H2,1-5H3,(H,28,32). The van der Waals surface area contributed by atoms with Crippen LogP contribution in [0.1, 0.15) is 50.3 Å². The van der Waals surface area contributed by atoms with Crippen molar-refractivity contribution in [1.82, 2.24) is 4.90 Å². The summed E-state index contributed by atoms with van der Waals surface area (Å²) in [7, 11) is 2.15. The number of carbonyl (C=O) groups excluding carboxylic acids is 1. The number of thioether (sulfide) groups is 1. The molecule has 1 N–H and O–H groups in total. The highest BCUT2D eigenvalue weighted by molar-refractivity contribution is 8.16. The molecule has 33 heavy (non-hydrogen) atoms. The molecule has 5 nitrogen and oxygen atoms in total. The number of likely N-dealkylation sites (tertiary alicyclic amines) is 1. The topological polar surface area (TPSA) is 57.1 Å². The number of anilines is 1. The van der Waals surface area contributed by atoms with Gasteiger partial charge in [0.1, 0.15) is 5.04 Å². The van der Waals surface area contributed by atoms with E-state index in [0.717, 1.165) is 53.5 Å². The van der Waals surface area contributed by atoms with Crippen molar-refractivity contribution in [3.8, 4) is 0 Å². The quantitative estimate of drug-likeness (QED) is 0.672. The molecule has 0 aromatic heterocycles. The van der Waals surface area contributed by atoms with Crippen molar-refractivity contribution < 1.29 is 4.79 Å². The Morgan fingerprint density at radius 2 is 1.73 bits per heavy atom. The summed E-state index contributed by atoms with van der Waals surface area (Å²) < 4.78 is 0. The minimum absolute atomic E-state index is 0.0243. The van der Waals surface area contributed by atoms with Crippen LogP contribution in [0.25, 0.3) is 0 Å². The maximum absolute atomic E-state index is 12.7. The molecule has 2 heterocycles. The van der Waals surface area contributed by atoms with Crippen LogP contribution in [0, 0.1) is 6.92 Å². The third-order valence-electron chi connectivity index (χ3n) is 6.40. The van der Waals surface area contributed by atoms with E-state index in [1.54, 1.807) is 0 Å². The monoisotopic (exact) mass is 462 g/mol. The third kappa shape index (κ3) is 5.56. The minimum Gasteiger partial charge on any atom is -0.325 e. The van der Waals surface area contributed by atoms with Crippen molar-refractivity contribution >= 4 is 34.1 Å². The van der Waals surface area contributed by atoms with Crippen LogP contribution in [0.15, 0.2) is 58.5 Å². The molecule has 0 saturated carbocycles. The lowest BCUT2D eigenvalue weighted by molar-refractivity contribution is -0.113. The number of rotatable bonds is 4. The van der Waals surface area contributed by atoms with E-state index in [-0.39, 0.29) is 17.0 Å². The fraction of sp³-hybridized carbons (Fsp3) is 0.444. The predicted octanol–water partition coefficient (Wildman–Crippen LogP) is 5.29. The van der Waals surface area contributed by atoms with E-state index in [1.807, 2.05) is 31.2 Å². The second kappa shape index (κ2) is 9.43. The van der Waals surface area contributed by atoms with Crippen LogP contribution < -0.4 is 5.32 Å². The molecule has 0 bridgehead atoms. The molecule has 2 aliphatic rings. The van der Waals surface area contributed by atoms with E-state index >= 15 is 0 Å². The van der Waals surface area contributed by atoms with Crippen LogP contribution in [0.2, 0.25) is 0 Å². The van der Waals surface area contributed by atoms with Gasteiger partial charge in [0.25, 0.3) is 0 Å². The van der Waals surface area contributed by atoms with Crippen LogP contribution in [-0.4, -0.2) is 53.1 Å². The lowest BCUT2D eigenvalue weighted by atomic mass is 9.86. The Kier molecular flexibility index (Phi) is 6.78. The first-order chi connectivity index (χ1) is 15.7. The molecule has 174 valence electrons. The van der Waals surface area contributed by atoms with Gasteiger partial charge in [-0.25, -0.2) is 4.99 Å². The van der Waals surface area contributed by atoms with Gasteiger partial charge in [0.15, 0.2) is 5.66 Å². The van der Waals surface area contributed by atoms with Crippen molar-refractivity contribution in [3.05, 3.63) is 65.2 Å². The average Bonchev–Trinajstić information content (AvgIpc) is 3.14. The van der Waals surface area contributed by atoms with Crippen molar-refractivity contribution in [1.29, 1.82) is 0 Å². The molecule has 6 heteroatoms. The maximum Gasteiger partial charge on any atom is 0.234 e. The van der Waals surface area contributed by atoms with Gasteiger partial charge in [-0.05, 0) is 36.6 Å². The normalized spacial score (nSPS) is 18.2. The molecule has 2 aromatic carbocycles. The Balaban J connectivity index is 1.54. The van der Waals surface area contributed by atoms with Crippen LogP contribution in [-0.2, 0) is 10.2 Å². The lowest BCUT2D eigenvalue weighted by Gasteiger charge is -2.33. The summed E-state index contributed by atoms with van der Waals surface area (Å²) in [6.07, 6.45) is 1.82. The van der Waals surface area contributed by atoms with Crippen LogP contribution in [0.3, 0.4) is 0 Å². The number of piperidine rings is 1. The third-order valence-corrected chi connectivity index (χ3v) is 7.37. The van der Waals surface area contributed by atoms with Gasteiger partial charge in [0.05, 0.1) is 11.5 Å². The molecule has 0 aliphatic carbocycles. The zero-order valence-corrected chi connectivity index (χ0v) is 21.1. The van der Waals surface area contributed by atoms with Crippen molar-refractivity contribution in [2.45, 2.75) is 51.6 Å². The number of benzene rings is 2. The number of aryl methyl sites for hydroxylation is 1. The summed E-state index contributed by atoms with van der Waals surface area (Å²) in [6.45, 7) is 10.6. The molecule has 2 aliphatic heterocycles. The second-order valence-corrected chi connectivity index (χ2v) is 11.1. The van der Waals surface area contributed by atoms with Gasteiger partial charge in [0, 0.05) is 37.2 Å². The van der Waals surface area contributed by atoms with Gasteiger partial charge in [-0.1, -0.05) is 75.0 Å². The van der Waals surface area contributed by atoms with Crippen LogP contribution >= 0.6 is 11.8 Å². The van der Waals surface area contributed by atoms with Crippen LogP contribution in [0.4, 0.5) is 5.69 Å². The first-order valence-electron chi connectivity index (χ1n) is 11.6. The SMILES string of the molecule is Cc1ccccc1NC(=O)CSC1=NC2(CCN(C)CC2)N=C1c1ccc(C(C)(C)C)cc1. The summed E-state index contributed by atoms with van der Waals surface area (Å²) in [6, 6.07) is 16.5. The van der Waals surface area contributed by atoms with Crippen molar-refractivity contribution in [2.24, 2.45) is 9.98 Å². The van der Waals surface area contributed by atoms with Gasteiger partial charge in [-0.2, -0.15) is 0 Å². The van der Waals surface area contributed by atoms with Gasteiger partial charge in [-0.15, -0.1) is 0 Å². The molecule has 2 aromatic rings. The number of nitrogens with one attached hydrogen (secondary N) is 1. The van der Waals surface area contributed by atoms with Crippen molar-refractivity contribution in [3.63, 3.8) is 0 Å². The molecule has 0 radical (unpaired) electrons. The average molecular weight is 463 g/mol. The molecule has 1 amide bonds. The lowest BCUT2D eigenvalue weighted by Crippen LogP contribution is -2.39. The Morgan fingerprint density at radius 3 is 2.36 bits per heavy atom. The minimum atomic E-state index is -0.390. The summed E-state index contributed by atoms with van der Waals surface area (Å²) in [5.41, 5.74) is 4.92. The fourth-order valence-corrected chi connectivity index (χ4v) is 5.05. The molecule has 1 fully saturated rings. The summed E-state index contributed by atoms with van der Waals surface area (Å²) in [5, 5.41) is 3.91. The summed E-state index contributed by atoms with van der Waals surface area (Å²) >= 11 is 1.49. The van der Waals surface area contributed by atoms with Crippen molar-refractivity contribution in [2.75, 3.05) is 31.2 Å². The van der Waals surface area contributed by atoms with Gasteiger partial charge >= 0.3 is 0 Å². The smallest absolute Gasteiger partial charge is 0.234 e.